The smallest absolute Gasteiger partial charge is 0.261 e. The first-order valence-corrected chi connectivity index (χ1v) is 11.8. The van der Waals surface area contributed by atoms with Crippen LogP contribution < -0.4 is 10.9 Å². The summed E-state index contributed by atoms with van der Waals surface area (Å²) in [5, 5.41) is 3.57. The number of hydrogen-bond donors (Lipinski definition) is 1. The van der Waals surface area contributed by atoms with Crippen molar-refractivity contribution < 1.29 is 4.79 Å². The molecule has 1 N–H and O–H groups in total. The van der Waals surface area contributed by atoms with Gasteiger partial charge in [-0.3, -0.25) is 14.2 Å². The molecule has 0 saturated carbocycles. The Balaban J connectivity index is 1.40. The lowest BCUT2D eigenvalue weighted by Crippen LogP contribution is -2.28. The van der Waals surface area contributed by atoms with E-state index in [1.165, 1.54) is 12.0 Å². The predicted molar refractivity (Wildman–Crippen MR) is 123 cm³/mol. The summed E-state index contributed by atoms with van der Waals surface area (Å²) in [4.78, 5) is 30.2. The normalized spacial score (nSPS) is 14.0. The summed E-state index contributed by atoms with van der Waals surface area (Å²) in [5.74, 6) is 2.51. The Labute approximate surface area is 180 Å². The maximum absolute atomic E-state index is 12.9. The molecular formula is C24H27N3O2S. The van der Waals surface area contributed by atoms with Gasteiger partial charge in [0, 0.05) is 36.6 Å². The van der Waals surface area contributed by atoms with Crippen LogP contribution in [-0.4, -0.2) is 27.8 Å². The van der Waals surface area contributed by atoms with Crippen LogP contribution in [0.15, 0.2) is 53.3 Å². The van der Waals surface area contributed by atoms with Crippen LogP contribution in [0.2, 0.25) is 0 Å². The monoisotopic (exact) mass is 421 g/mol. The maximum atomic E-state index is 12.9. The van der Waals surface area contributed by atoms with Crippen molar-refractivity contribution in [2.75, 3.05) is 12.3 Å². The minimum absolute atomic E-state index is 0.0150. The van der Waals surface area contributed by atoms with Gasteiger partial charge in [0.2, 0.25) is 0 Å². The van der Waals surface area contributed by atoms with E-state index in [4.69, 9.17) is 4.98 Å². The Kier molecular flexibility index (Phi) is 6.84. The highest BCUT2D eigenvalue weighted by atomic mass is 32.2. The van der Waals surface area contributed by atoms with Crippen LogP contribution in [0.3, 0.4) is 0 Å². The van der Waals surface area contributed by atoms with E-state index >= 15 is 0 Å². The summed E-state index contributed by atoms with van der Waals surface area (Å²) >= 11 is 1.80. The summed E-state index contributed by atoms with van der Waals surface area (Å²) < 4.78 is 1.82. The van der Waals surface area contributed by atoms with E-state index in [0.29, 0.717) is 23.0 Å². The zero-order valence-corrected chi connectivity index (χ0v) is 17.9. The second-order valence-electron chi connectivity index (χ2n) is 7.68. The number of carbonyl (C=O) groups excluding carboxylic acids is 1. The molecule has 1 amide bonds. The lowest BCUT2D eigenvalue weighted by atomic mass is 10.1. The predicted octanol–water partition coefficient (Wildman–Crippen LogP) is 4.18. The number of carbonyl (C=O) groups is 1. The lowest BCUT2D eigenvalue weighted by Gasteiger charge is -2.16. The Morgan fingerprint density at radius 2 is 1.90 bits per heavy atom. The number of hydrogen-bond acceptors (Lipinski definition) is 4. The number of benzene rings is 2. The summed E-state index contributed by atoms with van der Waals surface area (Å²) in [6.45, 7) is 1.34. The Morgan fingerprint density at radius 3 is 2.77 bits per heavy atom. The zero-order valence-electron chi connectivity index (χ0n) is 17.1. The van der Waals surface area contributed by atoms with Gasteiger partial charge >= 0.3 is 0 Å². The van der Waals surface area contributed by atoms with Gasteiger partial charge in [0.25, 0.3) is 11.5 Å². The Hall–Kier alpha value is -2.60. The molecule has 1 aliphatic heterocycles. The third kappa shape index (κ3) is 4.93. The molecule has 3 aromatic rings. The lowest BCUT2D eigenvalue weighted by molar-refractivity contribution is 0.0956. The molecule has 1 aromatic heterocycles. The SMILES string of the molecule is O=C(NCCSCc1ccccc1)c1ccc2c(=O)n3c(nc2c1)CCCCCC3. The van der Waals surface area contributed by atoms with Gasteiger partial charge in [-0.2, -0.15) is 11.8 Å². The third-order valence-electron chi connectivity index (χ3n) is 5.47. The van der Waals surface area contributed by atoms with Crippen LogP contribution in [0.4, 0.5) is 0 Å². The number of fused-ring (bicyclic) bond motifs is 2. The fourth-order valence-electron chi connectivity index (χ4n) is 3.84. The van der Waals surface area contributed by atoms with Gasteiger partial charge < -0.3 is 5.32 Å². The molecule has 0 spiro atoms. The first-order valence-electron chi connectivity index (χ1n) is 10.7. The highest BCUT2D eigenvalue weighted by molar-refractivity contribution is 7.98. The topological polar surface area (TPSA) is 64.0 Å². The molecular weight excluding hydrogens is 394 g/mol. The van der Waals surface area contributed by atoms with Crippen molar-refractivity contribution >= 4 is 28.6 Å². The van der Waals surface area contributed by atoms with E-state index in [1.807, 2.05) is 22.8 Å². The average Bonchev–Trinajstić information content (AvgIpc) is 2.75. The van der Waals surface area contributed by atoms with Crippen molar-refractivity contribution in [3.05, 3.63) is 75.8 Å². The number of nitrogens with one attached hydrogen (secondary N) is 1. The Morgan fingerprint density at radius 1 is 1.07 bits per heavy atom. The molecule has 156 valence electrons. The molecule has 30 heavy (non-hydrogen) atoms. The molecule has 0 atom stereocenters. The van der Waals surface area contributed by atoms with E-state index in [2.05, 4.69) is 17.4 Å². The molecule has 0 bridgehead atoms. The largest absolute Gasteiger partial charge is 0.351 e. The van der Waals surface area contributed by atoms with Crippen molar-refractivity contribution in [3.63, 3.8) is 0 Å². The van der Waals surface area contributed by atoms with Crippen molar-refractivity contribution in [1.29, 1.82) is 0 Å². The van der Waals surface area contributed by atoms with Crippen LogP contribution >= 0.6 is 11.8 Å². The molecule has 5 nitrogen and oxygen atoms in total. The zero-order chi connectivity index (χ0) is 20.8. The second kappa shape index (κ2) is 9.94. The molecule has 1 aliphatic rings. The van der Waals surface area contributed by atoms with E-state index < -0.39 is 0 Å². The van der Waals surface area contributed by atoms with Crippen LogP contribution in [0, 0.1) is 0 Å². The van der Waals surface area contributed by atoms with E-state index in [-0.39, 0.29) is 11.5 Å². The average molecular weight is 422 g/mol. The molecule has 0 unspecified atom stereocenters. The van der Waals surface area contributed by atoms with Crippen LogP contribution in [0.1, 0.15) is 47.4 Å². The summed E-state index contributed by atoms with van der Waals surface area (Å²) in [6, 6.07) is 15.5. The first kappa shape index (κ1) is 20.7. The van der Waals surface area contributed by atoms with Gasteiger partial charge in [0.1, 0.15) is 5.82 Å². The van der Waals surface area contributed by atoms with Crippen LogP contribution in [0.5, 0.6) is 0 Å². The number of thioether (sulfide) groups is 1. The quantitative estimate of drug-likeness (QED) is 0.607. The number of aryl methyl sites for hydroxylation is 1. The molecule has 4 rings (SSSR count). The van der Waals surface area contributed by atoms with Crippen molar-refractivity contribution in [2.24, 2.45) is 0 Å². The number of rotatable bonds is 6. The number of amides is 1. The highest BCUT2D eigenvalue weighted by Gasteiger charge is 2.14. The maximum Gasteiger partial charge on any atom is 0.261 e. The number of aromatic nitrogens is 2. The van der Waals surface area contributed by atoms with Crippen LogP contribution in [-0.2, 0) is 18.7 Å². The summed E-state index contributed by atoms with van der Waals surface area (Å²) in [5.41, 5.74) is 2.48. The minimum atomic E-state index is -0.120. The third-order valence-corrected chi connectivity index (χ3v) is 6.50. The van der Waals surface area contributed by atoms with Gasteiger partial charge in [-0.15, -0.1) is 0 Å². The van der Waals surface area contributed by atoms with E-state index in [9.17, 15) is 9.59 Å². The molecule has 0 aliphatic carbocycles. The number of nitrogens with zero attached hydrogens (tertiary/aromatic N) is 2. The van der Waals surface area contributed by atoms with Crippen LogP contribution in [0.25, 0.3) is 10.9 Å². The van der Waals surface area contributed by atoms with Crippen molar-refractivity contribution in [3.8, 4) is 0 Å². The minimum Gasteiger partial charge on any atom is -0.351 e. The molecule has 0 saturated heterocycles. The molecule has 6 heteroatoms. The molecule has 2 heterocycles. The summed E-state index contributed by atoms with van der Waals surface area (Å²) in [7, 11) is 0. The van der Waals surface area contributed by atoms with Gasteiger partial charge in [-0.05, 0) is 36.6 Å². The highest BCUT2D eigenvalue weighted by Crippen LogP contribution is 2.16. The standard InChI is InChI=1S/C24H27N3O2S/c28-23(25-13-15-30-17-18-8-4-3-5-9-18)19-11-12-20-21(16-19)26-22-10-6-1-2-7-14-27(22)24(20)29/h3-5,8-9,11-12,16H,1-2,6-7,10,13-15,17H2,(H,25,28). The molecule has 0 radical (unpaired) electrons. The molecule has 0 fully saturated rings. The second-order valence-corrected chi connectivity index (χ2v) is 8.78. The van der Waals surface area contributed by atoms with Crippen molar-refractivity contribution in [1.82, 2.24) is 14.9 Å². The van der Waals surface area contributed by atoms with Gasteiger partial charge in [-0.1, -0.05) is 43.2 Å². The fraction of sp³-hybridized carbons (Fsp3) is 0.375. The fourth-order valence-corrected chi connectivity index (χ4v) is 4.66. The van der Waals surface area contributed by atoms with Gasteiger partial charge in [0.05, 0.1) is 10.9 Å². The Bertz CT molecular complexity index is 1080. The van der Waals surface area contributed by atoms with Crippen molar-refractivity contribution in [2.45, 2.75) is 44.4 Å². The van der Waals surface area contributed by atoms with E-state index in [0.717, 1.165) is 49.6 Å². The summed E-state index contributed by atoms with van der Waals surface area (Å²) in [6.07, 6.45) is 5.23. The van der Waals surface area contributed by atoms with Gasteiger partial charge in [0.15, 0.2) is 0 Å². The van der Waals surface area contributed by atoms with Gasteiger partial charge in [-0.25, -0.2) is 4.98 Å². The first-order chi connectivity index (χ1) is 14.7. The molecule has 2 aromatic carbocycles. The van der Waals surface area contributed by atoms with E-state index in [1.54, 1.807) is 30.0 Å².